The summed E-state index contributed by atoms with van der Waals surface area (Å²) in [6.07, 6.45) is -1.15. The third-order valence-electron chi connectivity index (χ3n) is 7.80. The van der Waals surface area contributed by atoms with Gasteiger partial charge in [0.2, 0.25) is 0 Å². The molecule has 7 N–H and O–H groups in total. The highest BCUT2D eigenvalue weighted by atomic mass is 127. The van der Waals surface area contributed by atoms with Crippen LogP contribution >= 0.6 is 77.0 Å². The first kappa shape index (κ1) is 45.9. The van der Waals surface area contributed by atoms with Crippen molar-refractivity contribution >= 4 is 112 Å². The van der Waals surface area contributed by atoms with Crippen LogP contribution in [0.25, 0.3) is 0 Å². The summed E-state index contributed by atoms with van der Waals surface area (Å²) in [6.45, 7) is 8.03. The van der Waals surface area contributed by atoms with Gasteiger partial charge in [-0.3, -0.25) is 19.3 Å². The predicted octanol–water partition coefficient (Wildman–Crippen LogP) is 8.72. The molecule has 4 aromatic rings. The Morgan fingerprint density at radius 3 is 1.63 bits per heavy atom. The van der Waals surface area contributed by atoms with Gasteiger partial charge in [0.15, 0.2) is 0 Å². The fourth-order valence-electron chi connectivity index (χ4n) is 4.47. The quantitative estimate of drug-likeness (QED) is 0.0484. The smallest absolute Gasteiger partial charge is 0.277 e. The number of anilines is 4. The van der Waals surface area contributed by atoms with Gasteiger partial charge in [-0.25, -0.2) is 19.7 Å². The van der Waals surface area contributed by atoms with E-state index in [2.05, 4.69) is 98.6 Å². The minimum absolute atomic E-state index is 0.0436. The fraction of sp³-hybridized carbons (Fsp3) is 0.297. The molecule has 0 saturated carbocycles. The van der Waals surface area contributed by atoms with Crippen molar-refractivity contribution in [2.45, 2.75) is 58.8 Å². The topological polar surface area (TPSA) is 161 Å². The molecule has 0 aliphatic heterocycles. The molecule has 4 aromatic carbocycles. The highest BCUT2D eigenvalue weighted by Crippen LogP contribution is 2.31. The summed E-state index contributed by atoms with van der Waals surface area (Å²) in [7, 11) is 0. The van der Waals surface area contributed by atoms with E-state index in [-0.39, 0.29) is 38.5 Å². The molecule has 0 aliphatic carbocycles. The van der Waals surface area contributed by atoms with E-state index in [1.807, 2.05) is 50.2 Å². The molecular weight excluding hydrogens is 1060 g/mol. The van der Waals surface area contributed by atoms with Crippen molar-refractivity contribution in [1.29, 1.82) is 0 Å². The molecule has 2 unspecified atom stereocenters. The Morgan fingerprint density at radius 1 is 0.778 bits per heavy atom. The summed E-state index contributed by atoms with van der Waals surface area (Å²) in [5, 5.41) is 33.9. The molecule has 292 valence electrons. The molecule has 11 nitrogen and oxygen atoms in total. The molecule has 0 aromatic heterocycles. The second-order valence-corrected chi connectivity index (χ2v) is 16.7. The zero-order valence-corrected chi connectivity index (χ0v) is 37.3. The number of benzene rings is 4. The summed E-state index contributed by atoms with van der Waals surface area (Å²) in [5.74, 6) is -2.16. The molecule has 0 bridgehead atoms. The molecule has 0 fully saturated rings. The molecule has 0 saturated heterocycles. The molecule has 0 heterocycles. The molecule has 0 spiro atoms. The number of hydrogen-bond acceptors (Lipinski definition) is 9. The van der Waals surface area contributed by atoms with Gasteiger partial charge in [-0.15, -0.1) is 0 Å². The number of hydrogen-bond donors (Lipinski definition) is 7. The van der Waals surface area contributed by atoms with E-state index >= 15 is 0 Å². The Morgan fingerprint density at radius 2 is 1.22 bits per heavy atom. The molecule has 17 heteroatoms. The van der Waals surface area contributed by atoms with E-state index < -0.39 is 41.8 Å². The van der Waals surface area contributed by atoms with E-state index in [1.54, 1.807) is 6.92 Å². The van der Waals surface area contributed by atoms with Gasteiger partial charge >= 0.3 is 0 Å². The van der Waals surface area contributed by atoms with Crippen LogP contribution in [0, 0.1) is 32.6 Å². The summed E-state index contributed by atoms with van der Waals surface area (Å²) >= 11 is 10.6. The van der Waals surface area contributed by atoms with Crippen molar-refractivity contribution < 1.29 is 43.4 Å². The molecule has 2 amide bonds. The molecule has 0 aliphatic rings. The van der Waals surface area contributed by atoms with Crippen molar-refractivity contribution in [3.05, 3.63) is 111 Å². The Kier molecular flexibility index (Phi) is 18.0. The maximum absolute atomic E-state index is 14.1. The number of rotatable bonds is 14. The van der Waals surface area contributed by atoms with E-state index in [4.69, 9.17) is 19.9 Å². The van der Waals surface area contributed by atoms with Gasteiger partial charge in [-0.1, -0.05) is 0 Å². The molecular formula is C37H40Br2F2I2N4O7. The molecule has 4 rings (SSSR count). The van der Waals surface area contributed by atoms with Crippen LogP contribution in [0.4, 0.5) is 31.5 Å². The Hall–Kier alpha value is -2.50. The van der Waals surface area contributed by atoms with Crippen molar-refractivity contribution in [1.82, 2.24) is 11.0 Å². The van der Waals surface area contributed by atoms with E-state index in [0.717, 1.165) is 29.6 Å². The van der Waals surface area contributed by atoms with E-state index in [9.17, 15) is 23.5 Å². The second-order valence-electron chi connectivity index (χ2n) is 12.5. The zero-order chi connectivity index (χ0) is 40.3. The Bertz CT molecular complexity index is 1960. The van der Waals surface area contributed by atoms with Crippen molar-refractivity contribution in [3.8, 4) is 0 Å². The van der Waals surface area contributed by atoms with Crippen LogP contribution in [0.2, 0.25) is 0 Å². The Labute approximate surface area is 356 Å². The summed E-state index contributed by atoms with van der Waals surface area (Å²) in [6, 6.07) is 16.7. The number of carbonyl (C=O) groups excluding carboxylic acids is 2. The monoisotopic (exact) mass is 1100 g/mol. The number of aliphatic hydroxyl groups excluding tert-OH is 3. The third-order valence-corrected chi connectivity index (χ3v) is 10.4. The van der Waals surface area contributed by atoms with Crippen LogP contribution in [-0.2, 0) is 9.68 Å². The maximum atomic E-state index is 14.1. The van der Waals surface area contributed by atoms with E-state index in [1.165, 1.54) is 38.1 Å². The van der Waals surface area contributed by atoms with Gasteiger partial charge in [0, 0.05) is 25.1 Å². The first-order valence-electron chi connectivity index (χ1n) is 16.2. The number of nitrogens with one attached hydrogen (secondary N) is 4. The summed E-state index contributed by atoms with van der Waals surface area (Å²) < 4.78 is 30.6. The standard InChI is InChI=1S/C19H21BrFIN2O4.C18H19BrFIN2O3/c1-10-6-11(22)4-5-15(10)23-16-8-14(21)13(20)7-12(16)18(27)24-28-19(2,3)17(26)9-25;1-10-7-12(21)3-4-16(10)22-17-9-15(20)14(19)8-13(17)18(25)23-26-11(2)5-6-24/h4-8,17,23,25-26H,9H2,1-3H3,(H,24,27);3-4,7-9,11,22,24H,5-6H2,1-2H3,(H,23,25). The second kappa shape index (κ2) is 21.1. The maximum Gasteiger partial charge on any atom is 0.277 e. The van der Waals surface area contributed by atoms with Gasteiger partial charge in [0.25, 0.3) is 11.8 Å². The molecule has 54 heavy (non-hydrogen) atoms. The predicted molar refractivity (Wildman–Crippen MR) is 228 cm³/mol. The van der Waals surface area contributed by atoms with Crippen LogP contribution in [0.1, 0.15) is 59.0 Å². The van der Waals surface area contributed by atoms with Crippen LogP contribution < -0.4 is 21.6 Å². The largest absolute Gasteiger partial charge is 0.396 e. The van der Waals surface area contributed by atoms with Gasteiger partial charge < -0.3 is 26.0 Å². The van der Waals surface area contributed by atoms with Crippen molar-refractivity contribution in [2.75, 3.05) is 23.8 Å². The van der Waals surface area contributed by atoms with Gasteiger partial charge in [-0.05, 0) is 190 Å². The number of hydroxylamine groups is 2. The minimum atomic E-state index is -1.22. The minimum Gasteiger partial charge on any atom is -0.396 e. The SMILES string of the molecule is Cc1cc(I)ccc1Nc1cc(F)c(Br)cc1C(=O)NOC(C)(C)C(O)CO.Cc1cc(I)ccc1Nc1cc(F)c(Br)cc1C(=O)NOC(C)CCO. The number of amides is 2. The number of carbonyl (C=O) groups is 2. The van der Waals surface area contributed by atoms with Crippen molar-refractivity contribution in [3.63, 3.8) is 0 Å². The highest BCUT2D eigenvalue weighted by Gasteiger charge is 2.30. The number of halogens is 6. The first-order valence-corrected chi connectivity index (χ1v) is 20.0. The summed E-state index contributed by atoms with van der Waals surface area (Å²) in [5.41, 5.74) is 7.74. The fourth-order valence-corrected chi connectivity index (χ4v) is 6.45. The number of aryl methyl sites for hydroxylation is 2. The normalized spacial score (nSPS) is 12.3. The third kappa shape index (κ3) is 13.3. The van der Waals surface area contributed by atoms with Crippen LogP contribution in [0.3, 0.4) is 0 Å². The molecule has 2 atom stereocenters. The lowest BCUT2D eigenvalue weighted by Crippen LogP contribution is -2.46. The number of aliphatic hydroxyl groups is 3. The average molecular weight is 1100 g/mol. The lowest BCUT2D eigenvalue weighted by Gasteiger charge is -2.28. The van der Waals surface area contributed by atoms with Crippen LogP contribution in [-0.4, -0.2) is 58.2 Å². The van der Waals surface area contributed by atoms with Gasteiger partial charge in [0.05, 0.1) is 44.2 Å². The lowest BCUT2D eigenvalue weighted by molar-refractivity contribution is -0.144. The van der Waals surface area contributed by atoms with Gasteiger partial charge in [-0.2, -0.15) is 0 Å². The average Bonchev–Trinajstić information content (AvgIpc) is 3.11. The highest BCUT2D eigenvalue weighted by molar-refractivity contribution is 14.1. The lowest BCUT2D eigenvalue weighted by atomic mass is 10.0. The Balaban J connectivity index is 0.000000291. The van der Waals surface area contributed by atoms with Crippen molar-refractivity contribution in [2.24, 2.45) is 0 Å². The van der Waals surface area contributed by atoms with Crippen LogP contribution in [0.15, 0.2) is 69.6 Å². The summed E-state index contributed by atoms with van der Waals surface area (Å²) in [4.78, 5) is 35.6. The van der Waals surface area contributed by atoms with Crippen LogP contribution in [0.5, 0.6) is 0 Å². The zero-order valence-electron chi connectivity index (χ0n) is 29.8. The first-order chi connectivity index (χ1) is 25.4. The van der Waals surface area contributed by atoms with E-state index in [0.29, 0.717) is 12.1 Å². The van der Waals surface area contributed by atoms with Gasteiger partial charge in [0.1, 0.15) is 23.3 Å². The molecule has 0 radical (unpaired) electrons.